The SMILES string of the molecule is [3H]c1cccc(N2C(=O)C[C@H](C)C2=O)c1C(=O)OC[C@]12CC[C@H](OC)[C@]34[C@@H]5C[C@H]6[C@H](OC)[C@@H]5[C@](O)(C[C@@H]6OC)[C@@](O)([C@@H]3N(CC)C1)[C@@H](OC)[C@H]24. The normalized spacial score (nSPS) is 48.2. The second-order valence-electron chi connectivity index (χ2n) is 15.9. The van der Waals surface area contributed by atoms with Crippen LogP contribution >= 0.6 is 0 Å². The largest absolute Gasteiger partial charge is 0.461 e. The molecule has 1 aromatic carbocycles. The number of hydrogen-bond acceptors (Lipinski definition) is 11. The molecule has 7 fully saturated rings. The Bertz CT molecular complexity index is 1610. The molecule has 268 valence electrons. The number of carbonyl (C=O) groups is 3. The molecular formula is C37H50N2O10. The van der Waals surface area contributed by atoms with E-state index in [4.69, 9.17) is 25.1 Å². The summed E-state index contributed by atoms with van der Waals surface area (Å²) in [6, 6.07) is 3.86. The van der Waals surface area contributed by atoms with Crippen LogP contribution in [0.3, 0.4) is 0 Å². The molecule has 2 heterocycles. The van der Waals surface area contributed by atoms with E-state index in [0.717, 1.165) is 11.3 Å². The van der Waals surface area contributed by atoms with Crippen molar-refractivity contribution in [1.82, 2.24) is 4.90 Å². The van der Waals surface area contributed by atoms with E-state index in [1.807, 2.05) is 6.92 Å². The Kier molecular flexibility index (Phi) is 7.47. The number of methoxy groups -OCH3 is 4. The van der Waals surface area contributed by atoms with Crippen molar-refractivity contribution in [2.24, 2.45) is 40.4 Å². The molecule has 2 amide bonds. The van der Waals surface area contributed by atoms with Gasteiger partial charge >= 0.3 is 5.97 Å². The first-order valence-electron chi connectivity index (χ1n) is 18.3. The monoisotopic (exact) mass is 684 g/mol. The Morgan fingerprint density at radius 1 is 1.10 bits per heavy atom. The Balaban J connectivity index is 1.24. The highest BCUT2D eigenvalue weighted by Crippen LogP contribution is 2.80. The van der Waals surface area contributed by atoms with Gasteiger partial charge in [0.15, 0.2) is 0 Å². The number of ether oxygens (including phenoxy) is 5. The van der Waals surface area contributed by atoms with Crippen molar-refractivity contribution < 1.29 is 49.7 Å². The molecule has 2 N–H and O–H groups in total. The second-order valence-corrected chi connectivity index (χ2v) is 15.9. The van der Waals surface area contributed by atoms with Gasteiger partial charge in [0.1, 0.15) is 11.2 Å². The molecular weight excluding hydrogens is 632 g/mol. The van der Waals surface area contributed by atoms with Gasteiger partial charge < -0.3 is 33.9 Å². The first-order valence-corrected chi connectivity index (χ1v) is 17.8. The average Bonchev–Trinajstić information content (AvgIpc) is 3.63. The topological polar surface area (TPSA) is 144 Å². The maximum Gasteiger partial charge on any atom is 0.340 e. The fourth-order valence-corrected chi connectivity index (χ4v) is 13.1. The zero-order valence-corrected chi connectivity index (χ0v) is 29.2. The van der Waals surface area contributed by atoms with Gasteiger partial charge in [-0.2, -0.15) is 0 Å². The molecule has 1 spiro atoms. The zero-order chi connectivity index (χ0) is 35.7. The van der Waals surface area contributed by atoms with E-state index in [1.165, 1.54) is 12.1 Å². The Morgan fingerprint density at radius 2 is 1.88 bits per heavy atom. The number of imide groups is 1. The van der Waals surface area contributed by atoms with Crippen molar-refractivity contribution in [1.29, 1.82) is 0 Å². The van der Waals surface area contributed by atoms with Crippen molar-refractivity contribution in [2.75, 3.05) is 53.0 Å². The zero-order valence-electron chi connectivity index (χ0n) is 30.2. The predicted molar refractivity (Wildman–Crippen MR) is 174 cm³/mol. The van der Waals surface area contributed by atoms with Crippen LogP contribution in [0.4, 0.5) is 5.69 Å². The highest BCUT2D eigenvalue weighted by Gasteiger charge is 2.91. The number of anilines is 1. The average molecular weight is 685 g/mol. The van der Waals surface area contributed by atoms with E-state index >= 15 is 0 Å². The predicted octanol–water partition coefficient (Wildman–Crippen LogP) is 2.04. The molecule has 12 nitrogen and oxygen atoms in total. The Hall–Kier alpha value is -2.45. The number of piperidine rings is 1. The van der Waals surface area contributed by atoms with Gasteiger partial charge in [-0.25, -0.2) is 9.69 Å². The van der Waals surface area contributed by atoms with Crippen molar-refractivity contribution in [3.63, 3.8) is 0 Å². The highest BCUT2D eigenvalue weighted by molar-refractivity contribution is 6.22. The molecule has 0 radical (unpaired) electrons. The quantitative estimate of drug-likeness (QED) is 0.291. The number of rotatable bonds is 9. The third-order valence-electron chi connectivity index (χ3n) is 14.4. The van der Waals surface area contributed by atoms with Crippen LogP contribution in [0.5, 0.6) is 0 Å². The van der Waals surface area contributed by atoms with E-state index in [-0.39, 0.29) is 72.8 Å². The van der Waals surface area contributed by atoms with Crippen molar-refractivity contribution >= 4 is 23.5 Å². The van der Waals surface area contributed by atoms with Crippen LogP contribution in [-0.4, -0.2) is 123 Å². The molecule has 0 unspecified atom stereocenters. The van der Waals surface area contributed by atoms with E-state index in [1.54, 1.807) is 41.4 Å². The van der Waals surface area contributed by atoms with Gasteiger partial charge in [0.25, 0.3) is 0 Å². The molecule has 7 bridgehead atoms. The smallest absolute Gasteiger partial charge is 0.340 e. The fraction of sp³-hybridized carbons (Fsp3) is 0.757. The van der Waals surface area contributed by atoms with Crippen LogP contribution in [-0.2, 0) is 33.3 Å². The molecule has 12 heteroatoms. The second kappa shape index (κ2) is 11.3. The summed E-state index contributed by atoms with van der Waals surface area (Å²) < 4.78 is 40.0. The minimum absolute atomic E-state index is 0.0201. The summed E-state index contributed by atoms with van der Waals surface area (Å²) in [5, 5.41) is 26.6. The molecule has 5 aliphatic carbocycles. The highest BCUT2D eigenvalue weighted by atomic mass is 16.5. The van der Waals surface area contributed by atoms with Gasteiger partial charge in [0, 0.05) is 82.3 Å². The van der Waals surface area contributed by atoms with Crippen molar-refractivity contribution in [3.05, 3.63) is 29.8 Å². The summed E-state index contributed by atoms with van der Waals surface area (Å²) in [6.07, 6.45) is 0.503. The Labute approximate surface area is 288 Å². The summed E-state index contributed by atoms with van der Waals surface area (Å²) in [5.41, 5.74) is -4.80. The van der Waals surface area contributed by atoms with E-state index in [0.29, 0.717) is 25.9 Å². The maximum absolute atomic E-state index is 14.2. The first kappa shape index (κ1) is 32.5. The fourth-order valence-electron chi connectivity index (χ4n) is 13.1. The number of carbonyl (C=O) groups excluding carboxylic acids is 3. The lowest BCUT2D eigenvalue weighted by Gasteiger charge is -2.70. The van der Waals surface area contributed by atoms with Crippen molar-refractivity contribution in [3.8, 4) is 0 Å². The standard InChI is InChI=1S/C37H50N2O10/c1-7-38-17-34(18-49-32(42)20-10-8-9-11-23(20)39-26(40)14-19(2)31(39)41)13-12-25(46-4)36-22-15-21-24(45-3)16-35(43,27(22)28(21)47-5)37(44,33(36)38)30(48-6)29(34)36/h8-11,19,21-22,24-25,27-30,33,43-44H,7,12-18H2,1-6H3/t19-,21+,22+,24-,25-,27+,28-,29+,30-,33+,34-,35+,36-,37-/m0/s1/i10T. The van der Waals surface area contributed by atoms with E-state index in [2.05, 4.69) is 4.90 Å². The van der Waals surface area contributed by atoms with Gasteiger partial charge in [-0.15, -0.1) is 0 Å². The third kappa shape index (κ3) is 3.86. The Morgan fingerprint density at radius 3 is 2.51 bits per heavy atom. The summed E-state index contributed by atoms with van der Waals surface area (Å²) in [5.74, 6) is -3.00. The maximum atomic E-state index is 14.2. The van der Waals surface area contributed by atoms with E-state index < -0.39 is 63.8 Å². The molecule has 7 aliphatic rings. The molecule has 5 saturated carbocycles. The van der Waals surface area contributed by atoms with Crippen LogP contribution in [0.15, 0.2) is 24.2 Å². The van der Waals surface area contributed by atoms with Gasteiger partial charge in [0.05, 0.1) is 49.7 Å². The van der Waals surface area contributed by atoms with E-state index in [9.17, 15) is 24.6 Å². The third-order valence-corrected chi connectivity index (χ3v) is 14.4. The minimum atomic E-state index is -1.73. The molecule has 1 aromatic rings. The molecule has 14 atom stereocenters. The van der Waals surface area contributed by atoms with Crippen LogP contribution in [0.2, 0.25) is 0 Å². The molecule has 2 aliphatic heterocycles. The number of aliphatic hydroxyl groups is 2. The van der Waals surface area contributed by atoms with Crippen LogP contribution in [0.1, 0.15) is 57.7 Å². The molecule has 8 rings (SSSR count). The lowest BCUT2D eigenvalue weighted by molar-refractivity contribution is -0.320. The molecule has 2 saturated heterocycles. The van der Waals surface area contributed by atoms with Gasteiger partial charge in [0.2, 0.25) is 11.8 Å². The number of fused-ring (bicyclic) bond motifs is 2. The lowest BCUT2D eigenvalue weighted by atomic mass is 9.42. The first-order chi connectivity index (χ1) is 23.9. The number of para-hydroxylation sites is 1. The van der Waals surface area contributed by atoms with Crippen LogP contribution < -0.4 is 4.90 Å². The number of likely N-dealkylation sites (N-methyl/N-ethyl adjacent to an activating group) is 1. The number of benzene rings is 1. The van der Waals surface area contributed by atoms with Gasteiger partial charge in [-0.1, -0.05) is 26.0 Å². The van der Waals surface area contributed by atoms with Gasteiger partial charge in [-0.05, 0) is 43.8 Å². The summed E-state index contributed by atoms with van der Waals surface area (Å²) in [6.45, 7) is 4.72. The molecule has 0 aromatic heterocycles. The number of nitrogens with zero attached hydrogens (tertiary/aromatic N) is 2. The number of likely N-dealkylation sites (tertiary alicyclic amines) is 1. The van der Waals surface area contributed by atoms with Crippen LogP contribution in [0, 0.1) is 40.4 Å². The summed E-state index contributed by atoms with van der Waals surface area (Å²) >= 11 is 0. The van der Waals surface area contributed by atoms with Crippen LogP contribution in [0.25, 0.3) is 0 Å². The van der Waals surface area contributed by atoms with Gasteiger partial charge in [-0.3, -0.25) is 14.5 Å². The lowest BCUT2D eigenvalue weighted by Crippen LogP contribution is -2.82. The number of amides is 2. The summed E-state index contributed by atoms with van der Waals surface area (Å²) in [7, 11) is 6.64. The minimum Gasteiger partial charge on any atom is -0.461 e. The summed E-state index contributed by atoms with van der Waals surface area (Å²) in [4.78, 5) is 43.4. The molecule has 49 heavy (non-hydrogen) atoms. The number of esters is 1. The van der Waals surface area contributed by atoms with Crippen molar-refractivity contribution in [2.45, 2.75) is 87.6 Å². The number of hydrogen-bond donors (Lipinski definition) is 2.